The zero-order chi connectivity index (χ0) is 21.1. The number of esters is 1. The van der Waals surface area contributed by atoms with Crippen LogP contribution in [0.2, 0.25) is 0 Å². The summed E-state index contributed by atoms with van der Waals surface area (Å²) in [4.78, 5) is 12.3. The molecule has 3 nitrogen and oxygen atoms in total. The Morgan fingerprint density at radius 3 is 1.62 bits per heavy atom. The Labute approximate surface area is 150 Å². The molecule has 0 aliphatic heterocycles. The molecule has 0 aromatic rings. The fourth-order valence-electron chi connectivity index (χ4n) is 2.84. The molecule has 0 aliphatic rings. The Morgan fingerprint density at radius 1 is 0.885 bits per heavy atom. The number of hydrogen-bond donors (Lipinski definition) is 1. The van der Waals surface area contributed by atoms with Gasteiger partial charge in [-0.25, -0.2) is 0 Å². The fraction of sp³-hybridized carbons (Fsp3) is 0.941. The molecule has 0 aliphatic carbocycles. The summed E-state index contributed by atoms with van der Waals surface area (Å²) < 4.78 is 82.6. The van der Waals surface area contributed by atoms with Gasteiger partial charge >= 0.3 is 18.3 Å². The van der Waals surface area contributed by atoms with Crippen LogP contribution >= 0.6 is 0 Å². The molecule has 0 radical (unpaired) electrons. The zero-order valence-corrected chi connectivity index (χ0v) is 15.9. The van der Waals surface area contributed by atoms with Crippen molar-refractivity contribution in [3.05, 3.63) is 0 Å². The van der Waals surface area contributed by atoms with Gasteiger partial charge in [0.2, 0.25) is 0 Å². The van der Waals surface area contributed by atoms with E-state index in [1.54, 1.807) is 13.8 Å². The zero-order valence-electron chi connectivity index (χ0n) is 15.9. The molecule has 0 amide bonds. The molecule has 0 spiro atoms. The molecule has 0 fully saturated rings. The monoisotopic (exact) mass is 394 g/mol. The number of rotatable bonds is 8. The summed E-state index contributed by atoms with van der Waals surface area (Å²) in [7, 11) is 0. The molecule has 9 heteroatoms. The summed E-state index contributed by atoms with van der Waals surface area (Å²) >= 11 is 0. The lowest BCUT2D eigenvalue weighted by Crippen LogP contribution is -2.58. The number of hydrogen-bond acceptors (Lipinski definition) is 3. The minimum Gasteiger partial charge on any atom is -0.462 e. The molecule has 0 bridgehead atoms. The van der Waals surface area contributed by atoms with Crippen LogP contribution < -0.4 is 0 Å². The smallest absolute Gasteiger partial charge is 0.426 e. The predicted molar refractivity (Wildman–Crippen MR) is 84.2 cm³/mol. The van der Waals surface area contributed by atoms with E-state index in [1.807, 2.05) is 13.8 Å². The Bertz CT molecular complexity index is 452. The summed E-state index contributed by atoms with van der Waals surface area (Å²) in [5.74, 6) is -1.15. The third kappa shape index (κ3) is 6.63. The van der Waals surface area contributed by atoms with Crippen LogP contribution in [-0.4, -0.2) is 35.1 Å². The SMILES string of the molecule is CC(C)CC(CC(O)(C(F)(F)F)C(F)(F)F)OC(=O)C(C)(C)CC(C)C. The van der Waals surface area contributed by atoms with E-state index in [0.717, 1.165) is 0 Å². The van der Waals surface area contributed by atoms with Gasteiger partial charge < -0.3 is 9.84 Å². The number of aliphatic hydroxyl groups is 1. The van der Waals surface area contributed by atoms with Gasteiger partial charge in [-0.05, 0) is 38.5 Å². The number of alkyl halides is 6. The average Bonchev–Trinajstić information content (AvgIpc) is 2.32. The first kappa shape index (κ1) is 25.0. The molecular formula is C17H28F6O3. The quantitative estimate of drug-likeness (QED) is 0.451. The van der Waals surface area contributed by atoms with Gasteiger partial charge in [-0.3, -0.25) is 4.79 Å². The van der Waals surface area contributed by atoms with E-state index in [-0.39, 0.29) is 18.3 Å². The van der Waals surface area contributed by atoms with Crippen LogP contribution in [-0.2, 0) is 9.53 Å². The van der Waals surface area contributed by atoms with Gasteiger partial charge in [0.1, 0.15) is 6.10 Å². The van der Waals surface area contributed by atoms with Crippen LogP contribution in [0.15, 0.2) is 0 Å². The number of carbonyl (C=O) groups is 1. The Morgan fingerprint density at radius 2 is 1.31 bits per heavy atom. The minimum atomic E-state index is -5.94. The highest BCUT2D eigenvalue weighted by molar-refractivity contribution is 5.76. The van der Waals surface area contributed by atoms with Gasteiger partial charge in [-0.1, -0.05) is 27.7 Å². The van der Waals surface area contributed by atoms with E-state index in [2.05, 4.69) is 0 Å². The van der Waals surface area contributed by atoms with E-state index in [1.165, 1.54) is 13.8 Å². The minimum absolute atomic E-state index is 0.0726. The lowest BCUT2D eigenvalue weighted by Gasteiger charge is -2.36. The van der Waals surface area contributed by atoms with E-state index in [0.29, 0.717) is 6.42 Å². The summed E-state index contributed by atoms with van der Waals surface area (Å²) in [6.45, 7) is 9.82. The van der Waals surface area contributed by atoms with E-state index >= 15 is 0 Å². The molecule has 0 aromatic carbocycles. The lowest BCUT2D eigenvalue weighted by atomic mass is 9.84. The first-order valence-electron chi connectivity index (χ1n) is 8.40. The normalized spacial score (nSPS) is 15.5. The second-order valence-corrected chi connectivity index (χ2v) is 8.20. The highest BCUT2D eigenvalue weighted by Gasteiger charge is 2.71. The highest BCUT2D eigenvalue weighted by atomic mass is 19.4. The van der Waals surface area contributed by atoms with Crippen LogP contribution in [0, 0.1) is 17.3 Å². The Balaban J connectivity index is 5.60. The molecule has 26 heavy (non-hydrogen) atoms. The summed E-state index contributed by atoms with van der Waals surface area (Å²) in [5.41, 5.74) is -6.01. The molecule has 0 saturated carbocycles. The first-order chi connectivity index (χ1) is 11.3. The molecule has 0 aromatic heterocycles. The van der Waals surface area contributed by atoms with E-state index < -0.39 is 41.9 Å². The van der Waals surface area contributed by atoms with Crippen molar-refractivity contribution < 1.29 is 41.0 Å². The van der Waals surface area contributed by atoms with E-state index in [9.17, 15) is 36.2 Å². The molecule has 1 N–H and O–H groups in total. The van der Waals surface area contributed by atoms with Crippen molar-refractivity contribution in [2.45, 2.75) is 84.9 Å². The molecule has 0 heterocycles. The van der Waals surface area contributed by atoms with Crippen molar-refractivity contribution in [1.82, 2.24) is 0 Å². The van der Waals surface area contributed by atoms with E-state index in [4.69, 9.17) is 4.74 Å². The molecule has 0 rings (SSSR count). The van der Waals surface area contributed by atoms with Crippen LogP contribution in [0.1, 0.15) is 60.8 Å². The maximum Gasteiger partial charge on any atom is 0.426 e. The van der Waals surface area contributed by atoms with Gasteiger partial charge in [0.25, 0.3) is 5.60 Å². The standard InChI is InChI=1S/C17H28F6O3/c1-10(2)7-12(26-13(24)14(5,6)8-11(3)4)9-15(25,16(18,19)20)17(21,22)23/h10-12,25H,7-9H2,1-6H3. The predicted octanol–water partition coefficient (Wildman–Crippen LogP) is 5.26. The van der Waals surface area contributed by atoms with Crippen molar-refractivity contribution in [1.29, 1.82) is 0 Å². The van der Waals surface area contributed by atoms with Gasteiger partial charge in [-0.2, -0.15) is 26.3 Å². The maximum absolute atomic E-state index is 12.9. The number of carbonyl (C=O) groups excluding carboxylic acids is 1. The number of halogens is 6. The Kier molecular flexibility index (Phi) is 8.04. The fourth-order valence-corrected chi connectivity index (χ4v) is 2.84. The van der Waals surface area contributed by atoms with Crippen molar-refractivity contribution in [3.8, 4) is 0 Å². The largest absolute Gasteiger partial charge is 0.462 e. The average molecular weight is 394 g/mol. The second kappa shape index (κ2) is 8.35. The summed E-state index contributed by atoms with van der Waals surface area (Å²) in [6.07, 6.45) is -15.3. The molecule has 156 valence electrons. The van der Waals surface area contributed by atoms with Crippen LogP contribution in [0.4, 0.5) is 26.3 Å². The summed E-state index contributed by atoms with van der Waals surface area (Å²) in [5, 5.41) is 9.39. The lowest BCUT2D eigenvalue weighted by molar-refractivity contribution is -0.374. The molecule has 1 atom stereocenters. The van der Waals surface area contributed by atoms with Gasteiger partial charge in [-0.15, -0.1) is 0 Å². The number of ether oxygens (including phenoxy) is 1. The van der Waals surface area contributed by atoms with Crippen LogP contribution in [0.25, 0.3) is 0 Å². The van der Waals surface area contributed by atoms with Crippen LogP contribution in [0.3, 0.4) is 0 Å². The third-order valence-electron chi connectivity index (χ3n) is 3.94. The first-order valence-corrected chi connectivity index (χ1v) is 8.40. The van der Waals surface area contributed by atoms with Gasteiger partial charge in [0.05, 0.1) is 5.41 Å². The molecular weight excluding hydrogens is 366 g/mol. The van der Waals surface area contributed by atoms with Crippen LogP contribution in [0.5, 0.6) is 0 Å². The van der Waals surface area contributed by atoms with Crippen molar-refractivity contribution in [2.75, 3.05) is 0 Å². The topological polar surface area (TPSA) is 46.5 Å². The third-order valence-corrected chi connectivity index (χ3v) is 3.94. The molecule has 0 saturated heterocycles. The second-order valence-electron chi connectivity index (χ2n) is 8.20. The Hall–Kier alpha value is -0.990. The molecule has 1 unspecified atom stereocenters. The maximum atomic E-state index is 12.9. The summed E-state index contributed by atoms with van der Waals surface area (Å²) in [6, 6.07) is 0. The highest BCUT2D eigenvalue weighted by Crippen LogP contribution is 2.47. The van der Waals surface area contributed by atoms with Crippen molar-refractivity contribution in [2.24, 2.45) is 17.3 Å². The van der Waals surface area contributed by atoms with Gasteiger partial charge in [0, 0.05) is 6.42 Å². The van der Waals surface area contributed by atoms with Gasteiger partial charge in [0.15, 0.2) is 0 Å². The van der Waals surface area contributed by atoms with Crippen molar-refractivity contribution in [3.63, 3.8) is 0 Å². The van der Waals surface area contributed by atoms with Crippen molar-refractivity contribution >= 4 is 5.97 Å².